The first-order chi connectivity index (χ1) is 16.7. The molecular weight excluding hydrogens is 489 g/mol. The van der Waals surface area contributed by atoms with E-state index in [-0.39, 0.29) is 31.9 Å². The quantitative estimate of drug-likeness (QED) is 0.376. The molecule has 0 heterocycles. The van der Waals surface area contributed by atoms with Gasteiger partial charge in [0.1, 0.15) is 0 Å². The van der Waals surface area contributed by atoms with Crippen molar-refractivity contribution in [3.8, 4) is 0 Å². The van der Waals surface area contributed by atoms with E-state index in [1.807, 2.05) is 0 Å². The van der Waals surface area contributed by atoms with Gasteiger partial charge in [0.2, 0.25) is 0 Å². The van der Waals surface area contributed by atoms with Crippen LogP contribution < -0.4 is 10.0 Å². The summed E-state index contributed by atoms with van der Waals surface area (Å²) in [6.45, 7) is 29.9. The molecule has 0 aliphatic heterocycles. The highest BCUT2D eigenvalue weighted by Crippen LogP contribution is 2.59. The molecular formula is C33H52NOPS. The second kappa shape index (κ2) is 10.2. The van der Waals surface area contributed by atoms with Crippen LogP contribution in [0, 0.1) is 0 Å². The number of fused-ring (bicyclic) bond motifs is 1. The van der Waals surface area contributed by atoms with Gasteiger partial charge >= 0.3 is 0 Å². The summed E-state index contributed by atoms with van der Waals surface area (Å²) in [6, 6.07) is 15.9. The topological polar surface area (TPSA) is 29.1 Å². The van der Waals surface area contributed by atoms with E-state index in [9.17, 15) is 4.21 Å². The molecule has 0 unspecified atom stereocenters. The van der Waals surface area contributed by atoms with Crippen LogP contribution in [0.1, 0.15) is 131 Å². The van der Waals surface area contributed by atoms with Crippen LogP contribution in [0.4, 0.5) is 0 Å². The smallest absolute Gasteiger partial charge is 0.0979 e. The van der Waals surface area contributed by atoms with Gasteiger partial charge in [-0.05, 0) is 82.3 Å². The molecule has 2 aromatic rings. The summed E-state index contributed by atoms with van der Waals surface area (Å²) in [6.07, 6.45) is 2.38. The highest BCUT2D eigenvalue weighted by molar-refractivity contribution is 7.84. The normalized spacial score (nSPS) is 19.4. The van der Waals surface area contributed by atoms with E-state index >= 15 is 0 Å². The molecule has 2 aromatic carbocycles. The van der Waals surface area contributed by atoms with Crippen molar-refractivity contribution in [3.63, 3.8) is 0 Å². The van der Waals surface area contributed by atoms with Gasteiger partial charge in [0.25, 0.3) is 0 Å². The fourth-order valence-corrected chi connectivity index (χ4v) is 11.0. The van der Waals surface area contributed by atoms with Crippen molar-refractivity contribution < 1.29 is 4.21 Å². The van der Waals surface area contributed by atoms with Crippen molar-refractivity contribution in [3.05, 3.63) is 64.7 Å². The molecule has 0 aromatic heterocycles. The van der Waals surface area contributed by atoms with Crippen LogP contribution in [0.15, 0.2) is 42.5 Å². The summed E-state index contributed by atoms with van der Waals surface area (Å²) in [5.74, 6) is 0. The van der Waals surface area contributed by atoms with Crippen molar-refractivity contribution >= 4 is 24.2 Å². The molecule has 1 aliphatic rings. The lowest BCUT2D eigenvalue weighted by Gasteiger charge is -2.44. The molecule has 0 amide bonds. The Balaban J connectivity index is 2.29. The molecule has 2 nitrogen and oxygen atoms in total. The lowest BCUT2D eigenvalue weighted by atomic mass is 9.63. The van der Waals surface area contributed by atoms with Gasteiger partial charge in [0, 0.05) is 0 Å². The molecule has 0 radical (unpaired) electrons. The average Bonchev–Trinajstić information content (AvgIpc) is 2.73. The average molecular weight is 542 g/mol. The minimum atomic E-state index is -1.21. The molecule has 0 bridgehead atoms. The van der Waals surface area contributed by atoms with E-state index in [1.165, 1.54) is 40.4 Å². The monoisotopic (exact) mass is 541 g/mol. The van der Waals surface area contributed by atoms with Crippen LogP contribution in [0.25, 0.3) is 0 Å². The van der Waals surface area contributed by atoms with Gasteiger partial charge in [-0.1, -0.05) is 120 Å². The van der Waals surface area contributed by atoms with Crippen molar-refractivity contribution in [2.75, 3.05) is 0 Å². The van der Waals surface area contributed by atoms with E-state index in [4.69, 9.17) is 0 Å². The second-order valence-corrected chi connectivity index (χ2v) is 21.1. The van der Waals surface area contributed by atoms with Gasteiger partial charge in [-0.3, -0.25) is 0 Å². The predicted octanol–water partition coefficient (Wildman–Crippen LogP) is 8.88. The number of hydrogen-bond acceptors (Lipinski definition) is 1. The van der Waals surface area contributed by atoms with Gasteiger partial charge in [-0.15, -0.1) is 0 Å². The zero-order valence-corrected chi connectivity index (χ0v) is 27.5. The maximum Gasteiger partial charge on any atom is 0.0979 e. The zero-order valence-electron chi connectivity index (χ0n) is 25.8. The highest BCUT2D eigenvalue weighted by atomic mass is 32.2. The Morgan fingerprint density at radius 1 is 0.784 bits per heavy atom. The Hall–Kier alpha value is -1.02. The van der Waals surface area contributed by atoms with Gasteiger partial charge in [-0.25, -0.2) is 8.93 Å². The summed E-state index contributed by atoms with van der Waals surface area (Å²) >= 11 is 0. The maximum absolute atomic E-state index is 13.6. The van der Waals surface area contributed by atoms with Crippen molar-refractivity contribution in [1.82, 2.24) is 4.72 Å². The number of hydrogen-bond donors (Lipinski definition) is 1. The molecule has 1 N–H and O–H groups in total. The van der Waals surface area contributed by atoms with Crippen LogP contribution in [-0.2, 0) is 21.8 Å². The Morgan fingerprint density at radius 3 is 1.81 bits per heavy atom. The fraction of sp³-hybridized carbons (Fsp3) is 0.636. The van der Waals surface area contributed by atoms with Crippen LogP contribution in [0.3, 0.4) is 0 Å². The molecule has 0 spiro atoms. The molecule has 0 fully saturated rings. The fourth-order valence-electron chi connectivity index (χ4n) is 6.04. The van der Waals surface area contributed by atoms with E-state index in [2.05, 4.69) is 137 Å². The molecule has 4 heteroatoms. The molecule has 0 saturated heterocycles. The minimum Gasteiger partial charge on any atom is -0.242 e. The first-order valence-electron chi connectivity index (χ1n) is 13.9. The highest BCUT2D eigenvalue weighted by Gasteiger charge is 2.40. The van der Waals surface area contributed by atoms with Gasteiger partial charge in [-0.2, -0.15) is 0 Å². The van der Waals surface area contributed by atoms with Crippen molar-refractivity contribution in [2.24, 2.45) is 0 Å². The number of benzene rings is 2. The van der Waals surface area contributed by atoms with Crippen molar-refractivity contribution in [2.45, 2.75) is 135 Å². The van der Waals surface area contributed by atoms with Gasteiger partial charge in [0.15, 0.2) is 0 Å². The first-order valence-corrected chi connectivity index (χ1v) is 16.4. The third kappa shape index (κ3) is 6.59. The first kappa shape index (κ1) is 30.5. The van der Waals surface area contributed by atoms with Gasteiger partial charge < -0.3 is 0 Å². The maximum atomic E-state index is 13.6. The van der Waals surface area contributed by atoms with Gasteiger partial charge in [0.05, 0.1) is 21.8 Å². The van der Waals surface area contributed by atoms with Crippen LogP contribution in [0.2, 0.25) is 0 Å². The third-order valence-corrected chi connectivity index (χ3v) is 13.0. The number of nitrogens with one attached hydrogen (secondary N) is 1. The van der Waals surface area contributed by atoms with Crippen molar-refractivity contribution in [1.29, 1.82) is 0 Å². The Morgan fingerprint density at radius 2 is 1.30 bits per heavy atom. The lowest BCUT2D eigenvalue weighted by molar-refractivity contribution is 0.331. The molecule has 2 atom stereocenters. The van der Waals surface area contributed by atoms with E-state index in [1.54, 1.807) is 0 Å². The summed E-state index contributed by atoms with van der Waals surface area (Å²) < 4.78 is 16.9. The third-order valence-electron chi connectivity index (χ3n) is 7.82. The Kier molecular flexibility index (Phi) is 8.40. The zero-order chi connectivity index (χ0) is 28.2. The van der Waals surface area contributed by atoms with E-state index < -0.39 is 18.9 Å². The number of rotatable bonds is 5. The van der Waals surface area contributed by atoms with E-state index in [0.29, 0.717) is 0 Å². The van der Waals surface area contributed by atoms with Crippen LogP contribution in [-0.4, -0.2) is 19.3 Å². The Bertz CT molecular complexity index is 1130. The standard InChI is InChI=1S/C33H52NOPS/c1-29(2,3)36(30(4,5)6)27-17-15-14-16-24(27)28(34-37(35)31(7,8)9)23-18-19-25-26(22-23)33(12,13)21-20-32(25,10)11/h14-19,22,28,34H,20-21H2,1-13H3/t28-,37-/m1/s1. The predicted molar refractivity (Wildman–Crippen MR) is 167 cm³/mol. The van der Waals surface area contributed by atoms with Crippen LogP contribution in [0.5, 0.6) is 0 Å². The Labute approximate surface area is 232 Å². The molecule has 0 saturated carbocycles. The largest absolute Gasteiger partial charge is 0.242 e. The molecule has 3 rings (SSSR count). The minimum absolute atomic E-state index is 0.123. The summed E-state index contributed by atoms with van der Waals surface area (Å²) in [5.41, 5.74) is 5.68. The molecule has 206 valence electrons. The summed E-state index contributed by atoms with van der Waals surface area (Å²) in [4.78, 5) is 0. The summed E-state index contributed by atoms with van der Waals surface area (Å²) in [5, 5.41) is 1.69. The van der Waals surface area contributed by atoms with E-state index in [0.717, 1.165) is 0 Å². The molecule has 37 heavy (non-hydrogen) atoms. The van der Waals surface area contributed by atoms with Crippen LogP contribution >= 0.6 is 7.92 Å². The molecule has 1 aliphatic carbocycles. The SMILES string of the molecule is CC1(C)CCC(C)(C)c2cc([C@@H](N[S@](=O)C(C)(C)C)c3ccccc3P(C(C)(C)C)C(C)(C)C)ccc21. The summed E-state index contributed by atoms with van der Waals surface area (Å²) in [7, 11) is -1.73. The second-order valence-electron chi connectivity index (χ2n) is 15.2. The lowest BCUT2D eigenvalue weighted by Crippen LogP contribution is -2.40.